The van der Waals surface area contributed by atoms with Crippen molar-refractivity contribution < 1.29 is 41.4 Å². The standard InChI is InChI=1S/C41H41ClF4N6O5/c1-22-25(6-3-7-26(22)38-49-29-18-23(20-52-16-5-10-32(52)39(54)55)33(57-40(43)44)19-34(29)56-38)27-8-4-9-28(35(27)42)48-37(53)36-47-30-21-51(17-13-31(30)50(36)2)24-11-14-41(45,46)15-12-24/h3-4,6-9,18-19,24,32,40H,5,10-17,20-21H2,1-2H3,(H,48,53)(H,54,55)/t32-/m0/s1. The number of nitrogens with zero attached hydrogens (tertiary/aromatic N) is 5. The van der Waals surface area contributed by atoms with Crippen LogP contribution in [-0.2, 0) is 31.4 Å². The van der Waals surface area contributed by atoms with Crippen molar-refractivity contribution >= 4 is 40.3 Å². The molecule has 8 rings (SSSR count). The number of benzene rings is 3. The van der Waals surface area contributed by atoms with Gasteiger partial charge in [0.25, 0.3) is 5.91 Å². The first-order chi connectivity index (χ1) is 27.3. The van der Waals surface area contributed by atoms with E-state index >= 15 is 0 Å². The summed E-state index contributed by atoms with van der Waals surface area (Å²) in [4.78, 5) is 38.8. The number of hydrogen-bond acceptors (Lipinski definition) is 8. The van der Waals surface area contributed by atoms with Gasteiger partial charge >= 0.3 is 12.6 Å². The summed E-state index contributed by atoms with van der Waals surface area (Å²) in [6.07, 6.45) is 2.44. The van der Waals surface area contributed by atoms with Crippen molar-refractivity contribution in [3.8, 4) is 28.3 Å². The van der Waals surface area contributed by atoms with Crippen LogP contribution in [0.3, 0.4) is 0 Å². The Hall–Kier alpha value is -4.99. The third kappa shape index (κ3) is 7.72. The number of oxazole rings is 1. The van der Waals surface area contributed by atoms with E-state index in [0.29, 0.717) is 84.7 Å². The van der Waals surface area contributed by atoms with Gasteiger partial charge in [-0.3, -0.25) is 19.4 Å². The SMILES string of the molecule is Cc1c(-c2nc3cc(CN4CCC[C@H]4C(=O)O)c(OC(F)F)cc3o2)cccc1-c1cccc(NC(=O)c2nc3c(n2C)CCN(C2CCC(F)(F)CC2)C3)c1Cl. The summed E-state index contributed by atoms with van der Waals surface area (Å²) in [5.41, 5.74) is 5.80. The number of anilines is 1. The molecule has 1 atom stereocenters. The molecule has 2 aromatic heterocycles. The number of nitrogens with one attached hydrogen (secondary N) is 1. The predicted molar refractivity (Wildman–Crippen MR) is 205 cm³/mol. The van der Waals surface area contributed by atoms with Gasteiger partial charge in [-0.25, -0.2) is 18.7 Å². The Morgan fingerprint density at radius 1 is 1.05 bits per heavy atom. The molecule has 0 bridgehead atoms. The van der Waals surface area contributed by atoms with Crippen LogP contribution in [0.2, 0.25) is 5.02 Å². The van der Waals surface area contributed by atoms with Crippen molar-refractivity contribution in [1.82, 2.24) is 24.3 Å². The molecule has 0 radical (unpaired) electrons. The van der Waals surface area contributed by atoms with E-state index in [-0.39, 0.29) is 48.5 Å². The molecule has 1 amide bonds. The van der Waals surface area contributed by atoms with Crippen LogP contribution in [0.4, 0.5) is 23.2 Å². The summed E-state index contributed by atoms with van der Waals surface area (Å²) >= 11 is 6.99. The largest absolute Gasteiger partial charge is 0.480 e. The van der Waals surface area contributed by atoms with Crippen LogP contribution in [0.15, 0.2) is 52.9 Å². The van der Waals surface area contributed by atoms with Crippen molar-refractivity contribution in [3.63, 3.8) is 0 Å². The smallest absolute Gasteiger partial charge is 0.387 e. The number of ether oxygens (including phenoxy) is 1. The van der Waals surface area contributed by atoms with Crippen LogP contribution in [0.25, 0.3) is 33.7 Å². The fourth-order valence-corrected chi connectivity index (χ4v) is 8.86. The molecule has 0 unspecified atom stereocenters. The number of likely N-dealkylation sites (tertiary alicyclic amines) is 1. The van der Waals surface area contributed by atoms with Gasteiger partial charge in [-0.2, -0.15) is 8.78 Å². The molecule has 2 aliphatic heterocycles. The molecule has 1 aliphatic carbocycles. The van der Waals surface area contributed by atoms with Gasteiger partial charge in [-0.05, 0) is 68.5 Å². The van der Waals surface area contributed by atoms with Gasteiger partial charge in [0, 0.05) is 80.4 Å². The van der Waals surface area contributed by atoms with Gasteiger partial charge in [0.2, 0.25) is 11.8 Å². The second-order valence-corrected chi connectivity index (χ2v) is 15.5. The second kappa shape index (κ2) is 15.4. The highest BCUT2D eigenvalue weighted by Crippen LogP contribution is 2.41. The lowest BCUT2D eigenvalue weighted by Crippen LogP contribution is -2.43. The molecule has 2 fully saturated rings. The van der Waals surface area contributed by atoms with Gasteiger partial charge < -0.3 is 24.1 Å². The van der Waals surface area contributed by atoms with E-state index in [1.807, 2.05) is 31.2 Å². The van der Waals surface area contributed by atoms with E-state index < -0.39 is 30.5 Å². The molecule has 1 saturated carbocycles. The number of aliphatic carboxylic acids is 1. The number of fused-ring (bicyclic) bond motifs is 2. The zero-order valence-corrected chi connectivity index (χ0v) is 32.1. The normalized spacial score (nSPS) is 19.0. The Bertz CT molecular complexity index is 2360. The Kier molecular flexibility index (Phi) is 10.5. The van der Waals surface area contributed by atoms with Crippen LogP contribution in [0, 0.1) is 6.92 Å². The zero-order valence-electron chi connectivity index (χ0n) is 31.3. The molecular formula is C41H41ClF4N6O5. The van der Waals surface area contributed by atoms with Crippen molar-refractivity contribution in [2.24, 2.45) is 7.05 Å². The predicted octanol–water partition coefficient (Wildman–Crippen LogP) is 8.70. The monoisotopic (exact) mass is 808 g/mol. The van der Waals surface area contributed by atoms with E-state index in [2.05, 4.69) is 10.2 Å². The molecule has 57 heavy (non-hydrogen) atoms. The highest BCUT2D eigenvalue weighted by molar-refractivity contribution is 6.36. The van der Waals surface area contributed by atoms with E-state index in [0.717, 1.165) is 22.5 Å². The van der Waals surface area contributed by atoms with Crippen LogP contribution >= 0.6 is 11.6 Å². The molecule has 4 heterocycles. The number of rotatable bonds is 10. The molecule has 1 saturated heterocycles. The number of carbonyl (C=O) groups excluding carboxylic acids is 1. The number of carboxylic acid groups (broad SMARTS) is 1. The molecule has 0 spiro atoms. The number of hydrogen-bond donors (Lipinski definition) is 2. The van der Waals surface area contributed by atoms with E-state index in [1.54, 1.807) is 34.7 Å². The number of halogens is 5. The average molecular weight is 809 g/mol. The second-order valence-electron chi connectivity index (χ2n) is 15.1. The molecule has 3 aromatic carbocycles. The van der Waals surface area contributed by atoms with Crippen molar-refractivity contribution in [2.45, 2.75) is 89.6 Å². The summed E-state index contributed by atoms with van der Waals surface area (Å²) in [7, 11) is 1.80. The van der Waals surface area contributed by atoms with E-state index in [4.69, 9.17) is 30.7 Å². The fourth-order valence-electron chi connectivity index (χ4n) is 8.58. The summed E-state index contributed by atoms with van der Waals surface area (Å²) in [5, 5.41) is 12.9. The molecule has 16 heteroatoms. The Morgan fingerprint density at radius 3 is 2.54 bits per heavy atom. The first-order valence-electron chi connectivity index (χ1n) is 19.0. The fraction of sp³-hybridized carbons (Fsp3) is 0.415. The maximum Gasteiger partial charge on any atom is 0.387 e. The lowest BCUT2D eigenvalue weighted by atomic mass is 9.90. The number of aromatic nitrogens is 3. The highest BCUT2D eigenvalue weighted by Gasteiger charge is 2.38. The Balaban J connectivity index is 1.03. The number of alkyl halides is 4. The number of amides is 1. The Morgan fingerprint density at radius 2 is 1.79 bits per heavy atom. The van der Waals surface area contributed by atoms with Gasteiger partial charge in [0.05, 0.1) is 16.4 Å². The van der Waals surface area contributed by atoms with Gasteiger partial charge in [-0.15, -0.1) is 0 Å². The number of carboxylic acids is 1. The van der Waals surface area contributed by atoms with Gasteiger partial charge in [0.1, 0.15) is 17.3 Å². The minimum atomic E-state index is -3.10. The minimum absolute atomic E-state index is 0.0661. The molecular weight excluding hydrogens is 768 g/mol. The highest BCUT2D eigenvalue weighted by atomic mass is 35.5. The average Bonchev–Trinajstić information content (AvgIpc) is 3.89. The van der Waals surface area contributed by atoms with E-state index in [1.165, 1.54) is 6.07 Å². The third-order valence-electron chi connectivity index (χ3n) is 11.6. The van der Waals surface area contributed by atoms with Crippen LogP contribution in [0.1, 0.15) is 71.7 Å². The summed E-state index contributed by atoms with van der Waals surface area (Å²) < 4.78 is 67.3. The molecule has 11 nitrogen and oxygen atoms in total. The maximum absolute atomic E-state index is 13.8. The van der Waals surface area contributed by atoms with Crippen molar-refractivity contribution in [3.05, 3.63) is 81.9 Å². The molecule has 5 aromatic rings. The van der Waals surface area contributed by atoms with Gasteiger partial charge in [-0.1, -0.05) is 35.9 Å². The molecule has 3 aliphatic rings. The topological polar surface area (TPSA) is 126 Å². The quantitative estimate of drug-likeness (QED) is 0.133. The lowest BCUT2D eigenvalue weighted by molar-refractivity contribution is -0.142. The van der Waals surface area contributed by atoms with E-state index in [9.17, 15) is 32.3 Å². The molecule has 300 valence electrons. The van der Waals surface area contributed by atoms with Crippen molar-refractivity contribution in [2.75, 3.05) is 18.4 Å². The lowest BCUT2D eigenvalue weighted by Gasteiger charge is -2.38. The molecule has 2 N–H and O–H groups in total. The summed E-state index contributed by atoms with van der Waals surface area (Å²) in [5.74, 6) is -3.67. The number of carbonyl (C=O) groups is 2. The van der Waals surface area contributed by atoms with Crippen LogP contribution in [-0.4, -0.2) is 79.0 Å². The zero-order chi connectivity index (χ0) is 40.2. The van der Waals surface area contributed by atoms with Crippen LogP contribution in [0.5, 0.6) is 5.75 Å². The first kappa shape index (κ1) is 38.9. The van der Waals surface area contributed by atoms with Crippen molar-refractivity contribution in [1.29, 1.82) is 0 Å². The van der Waals surface area contributed by atoms with Crippen LogP contribution < -0.4 is 10.1 Å². The first-order valence-corrected chi connectivity index (χ1v) is 19.4. The summed E-state index contributed by atoms with van der Waals surface area (Å²) in [6.45, 7) is 0.571. The maximum atomic E-state index is 13.8. The number of imidazole rings is 1. The Labute approximate surface area is 330 Å². The minimum Gasteiger partial charge on any atom is -0.480 e. The summed E-state index contributed by atoms with van der Waals surface area (Å²) in [6, 6.07) is 13.1. The third-order valence-corrected chi connectivity index (χ3v) is 12.0. The van der Waals surface area contributed by atoms with Gasteiger partial charge in [0.15, 0.2) is 11.4 Å².